The van der Waals surface area contributed by atoms with Crippen molar-refractivity contribution in [2.75, 3.05) is 16.8 Å². The second kappa shape index (κ2) is 6.14. The average Bonchev–Trinajstić information content (AvgIpc) is 2.41. The summed E-state index contributed by atoms with van der Waals surface area (Å²) in [5, 5.41) is 2.54. The van der Waals surface area contributed by atoms with Crippen molar-refractivity contribution in [2.45, 2.75) is 4.90 Å². The Morgan fingerprint density at radius 3 is 2.79 bits per heavy atom. The molecule has 5 nitrogen and oxygen atoms in total. The van der Waals surface area contributed by atoms with E-state index in [1.807, 2.05) is 0 Å². The van der Waals surface area contributed by atoms with Crippen LogP contribution < -0.4 is 11.1 Å². The molecule has 1 heterocycles. The van der Waals surface area contributed by atoms with Gasteiger partial charge < -0.3 is 5.73 Å². The number of anilines is 2. The highest BCUT2D eigenvalue weighted by molar-refractivity contribution is 8.00. The molecular weight excluding hydrogens is 267 g/mol. The number of carbonyl (C=O) groups excluding carboxylic acids is 1. The minimum atomic E-state index is -0.489. The van der Waals surface area contributed by atoms with Gasteiger partial charge in [-0.25, -0.2) is 14.4 Å². The van der Waals surface area contributed by atoms with E-state index in [2.05, 4.69) is 15.3 Å². The van der Waals surface area contributed by atoms with Crippen molar-refractivity contribution >= 4 is 29.3 Å². The summed E-state index contributed by atoms with van der Waals surface area (Å²) in [7, 11) is 0. The Bertz CT molecular complexity index is 579. The van der Waals surface area contributed by atoms with Gasteiger partial charge in [-0.05, 0) is 24.3 Å². The Hall–Kier alpha value is -2.15. The number of nitrogen functional groups attached to an aromatic ring is 1. The number of hydrogen-bond donors (Lipinski definition) is 2. The lowest BCUT2D eigenvalue weighted by Crippen LogP contribution is -2.15. The summed E-state index contributed by atoms with van der Waals surface area (Å²) in [4.78, 5) is 20.0. The van der Waals surface area contributed by atoms with Crippen LogP contribution in [0.4, 0.5) is 16.0 Å². The van der Waals surface area contributed by atoms with E-state index in [1.54, 1.807) is 12.1 Å². The van der Waals surface area contributed by atoms with Crippen LogP contribution >= 0.6 is 11.8 Å². The summed E-state index contributed by atoms with van der Waals surface area (Å²) in [6.45, 7) is 0. The van der Waals surface area contributed by atoms with Crippen molar-refractivity contribution < 1.29 is 9.18 Å². The van der Waals surface area contributed by atoms with Gasteiger partial charge in [-0.15, -0.1) is 11.8 Å². The van der Waals surface area contributed by atoms with Gasteiger partial charge in [-0.3, -0.25) is 10.1 Å². The molecular formula is C12H11FN4OS. The first-order valence-corrected chi connectivity index (χ1v) is 6.38. The Labute approximate surface area is 113 Å². The molecule has 0 unspecified atom stereocenters. The molecule has 0 saturated carbocycles. The van der Waals surface area contributed by atoms with Gasteiger partial charge in [0.2, 0.25) is 11.9 Å². The number of aromatic nitrogens is 2. The minimum absolute atomic E-state index is 0.0893. The average molecular weight is 278 g/mol. The number of halogens is 1. The molecule has 19 heavy (non-hydrogen) atoms. The van der Waals surface area contributed by atoms with Crippen LogP contribution in [0.3, 0.4) is 0 Å². The zero-order valence-corrected chi connectivity index (χ0v) is 10.7. The first kappa shape index (κ1) is 13.3. The van der Waals surface area contributed by atoms with Crippen LogP contribution in [0.25, 0.3) is 0 Å². The SMILES string of the molecule is Nc1ccc(SCC(=O)Nc2ncccn2)cc1F. The van der Waals surface area contributed by atoms with Gasteiger partial charge in [0.15, 0.2) is 0 Å². The van der Waals surface area contributed by atoms with E-state index < -0.39 is 5.82 Å². The van der Waals surface area contributed by atoms with Gasteiger partial charge in [0, 0.05) is 17.3 Å². The van der Waals surface area contributed by atoms with Crippen LogP contribution in [0.1, 0.15) is 0 Å². The highest BCUT2D eigenvalue weighted by Crippen LogP contribution is 2.21. The molecule has 0 saturated heterocycles. The Kier molecular flexibility index (Phi) is 4.30. The van der Waals surface area contributed by atoms with E-state index in [4.69, 9.17) is 5.73 Å². The third kappa shape index (κ3) is 3.92. The van der Waals surface area contributed by atoms with Gasteiger partial charge in [0.25, 0.3) is 0 Å². The highest BCUT2D eigenvalue weighted by atomic mass is 32.2. The van der Waals surface area contributed by atoms with Crippen molar-refractivity contribution in [1.29, 1.82) is 0 Å². The van der Waals surface area contributed by atoms with Crippen LogP contribution in [-0.2, 0) is 4.79 Å². The van der Waals surface area contributed by atoms with Crippen LogP contribution in [0.5, 0.6) is 0 Å². The Balaban J connectivity index is 1.88. The first-order valence-electron chi connectivity index (χ1n) is 5.40. The van der Waals surface area contributed by atoms with Crippen molar-refractivity contribution in [2.24, 2.45) is 0 Å². The standard InChI is InChI=1S/C12H11FN4OS/c13-9-6-8(2-3-10(9)14)19-7-11(18)17-12-15-4-1-5-16-12/h1-6H,7,14H2,(H,15,16,17,18). The molecule has 1 amide bonds. The maximum absolute atomic E-state index is 13.2. The van der Waals surface area contributed by atoms with Gasteiger partial charge in [-0.2, -0.15) is 0 Å². The quantitative estimate of drug-likeness (QED) is 0.659. The molecule has 0 spiro atoms. The molecule has 0 aliphatic carbocycles. The van der Waals surface area contributed by atoms with Crippen molar-refractivity contribution in [3.63, 3.8) is 0 Å². The predicted octanol–water partition coefficient (Wildman–Crippen LogP) is 1.93. The van der Waals surface area contributed by atoms with Crippen LogP contribution in [-0.4, -0.2) is 21.6 Å². The lowest BCUT2D eigenvalue weighted by Gasteiger charge is -2.04. The van der Waals surface area contributed by atoms with Crippen molar-refractivity contribution in [3.8, 4) is 0 Å². The monoisotopic (exact) mass is 278 g/mol. The lowest BCUT2D eigenvalue weighted by atomic mass is 10.3. The fourth-order valence-corrected chi connectivity index (χ4v) is 1.99. The summed E-state index contributed by atoms with van der Waals surface area (Å²) in [5.74, 6) is -0.358. The second-order valence-electron chi connectivity index (χ2n) is 3.59. The van der Waals surface area contributed by atoms with Gasteiger partial charge in [0.05, 0.1) is 11.4 Å². The Morgan fingerprint density at radius 2 is 2.11 bits per heavy atom. The molecule has 2 aromatic rings. The fraction of sp³-hybridized carbons (Fsp3) is 0.0833. The number of carbonyl (C=O) groups is 1. The molecule has 1 aromatic heterocycles. The molecule has 0 radical (unpaired) electrons. The van der Waals surface area contributed by atoms with E-state index >= 15 is 0 Å². The fourth-order valence-electron chi connectivity index (χ4n) is 1.27. The summed E-state index contributed by atoms with van der Waals surface area (Å²) in [5.41, 5.74) is 5.46. The van der Waals surface area contributed by atoms with E-state index in [-0.39, 0.29) is 23.3 Å². The molecule has 98 valence electrons. The third-order valence-corrected chi connectivity index (χ3v) is 3.15. The molecule has 0 fully saturated rings. The van der Waals surface area contributed by atoms with E-state index in [9.17, 15) is 9.18 Å². The molecule has 0 atom stereocenters. The maximum atomic E-state index is 13.2. The smallest absolute Gasteiger partial charge is 0.237 e. The van der Waals surface area contributed by atoms with Gasteiger partial charge in [0.1, 0.15) is 5.82 Å². The topological polar surface area (TPSA) is 80.9 Å². The molecule has 0 aliphatic rings. The van der Waals surface area contributed by atoms with Crippen LogP contribution in [0, 0.1) is 5.82 Å². The van der Waals surface area contributed by atoms with Gasteiger partial charge >= 0.3 is 0 Å². The number of nitrogens with one attached hydrogen (secondary N) is 1. The summed E-state index contributed by atoms with van der Waals surface area (Å²) >= 11 is 1.21. The summed E-state index contributed by atoms with van der Waals surface area (Å²) < 4.78 is 13.2. The number of hydrogen-bond acceptors (Lipinski definition) is 5. The zero-order valence-electron chi connectivity index (χ0n) is 9.84. The minimum Gasteiger partial charge on any atom is -0.396 e. The molecule has 3 N–H and O–H groups in total. The largest absolute Gasteiger partial charge is 0.396 e. The zero-order chi connectivity index (χ0) is 13.7. The third-order valence-electron chi connectivity index (χ3n) is 2.16. The summed E-state index contributed by atoms with van der Waals surface area (Å²) in [6.07, 6.45) is 3.07. The number of rotatable bonds is 4. The Morgan fingerprint density at radius 1 is 1.37 bits per heavy atom. The molecule has 0 bridgehead atoms. The van der Waals surface area contributed by atoms with Crippen molar-refractivity contribution in [3.05, 3.63) is 42.5 Å². The van der Waals surface area contributed by atoms with E-state index in [1.165, 1.54) is 36.3 Å². The van der Waals surface area contributed by atoms with E-state index in [0.717, 1.165) is 0 Å². The number of nitrogens with two attached hydrogens (primary N) is 1. The molecule has 7 heteroatoms. The predicted molar refractivity (Wildman–Crippen MR) is 72.2 cm³/mol. The van der Waals surface area contributed by atoms with Crippen LogP contribution in [0.2, 0.25) is 0 Å². The lowest BCUT2D eigenvalue weighted by molar-refractivity contribution is -0.113. The summed E-state index contributed by atoms with van der Waals surface area (Å²) in [6, 6.07) is 6.08. The highest BCUT2D eigenvalue weighted by Gasteiger charge is 2.06. The second-order valence-corrected chi connectivity index (χ2v) is 4.64. The molecule has 1 aromatic carbocycles. The number of thioether (sulfide) groups is 1. The van der Waals surface area contributed by atoms with Crippen molar-refractivity contribution in [1.82, 2.24) is 9.97 Å². The number of amides is 1. The molecule has 0 aliphatic heterocycles. The number of nitrogens with zero attached hydrogens (tertiary/aromatic N) is 2. The molecule has 2 rings (SSSR count). The number of benzene rings is 1. The van der Waals surface area contributed by atoms with Crippen LogP contribution in [0.15, 0.2) is 41.6 Å². The van der Waals surface area contributed by atoms with Gasteiger partial charge in [-0.1, -0.05) is 0 Å². The maximum Gasteiger partial charge on any atom is 0.237 e. The normalized spacial score (nSPS) is 10.2. The van der Waals surface area contributed by atoms with E-state index in [0.29, 0.717) is 4.90 Å². The first-order chi connectivity index (χ1) is 9.15.